The third kappa shape index (κ3) is 7.01. The van der Waals surface area contributed by atoms with Crippen molar-refractivity contribution in [3.05, 3.63) is 23.7 Å². The molecule has 2 N–H and O–H groups in total. The Morgan fingerprint density at radius 2 is 2.20 bits per heavy atom. The SMILES string of the molecule is C=N/C=C(\C=NCCCCCNC)c1cc(C(C(=O)O)C(C)C)on1. The number of carbonyl (C=O) groups is 1. The molecule has 1 atom stereocenters. The van der Waals surface area contributed by atoms with E-state index in [2.05, 4.69) is 27.2 Å². The fraction of sp³-hybridized carbons (Fsp3) is 0.556. The predicted molar refractivity (Wildman–Crippen MR) is 100 cm³/mol. The van der Waals surface area contributed by atoms with Crippen LogP contribution < -0.4 is 5.32 Å². The maximum atomic E-state index is 11.4. The van der Waals surface area contributed by atoms with E-state index in [1.165, 1.54) is 6.20 Å². The Balaban J connectivity index is 2.75. The molecule has 0 bridgehead atoms. The summed E-state index contributed by atoms with van der Waals surface area (Å²) in [6.45, 7) is 8.85. The number of aliphatic imine (C=N–C) groups is 2. The average molecular weight is 348 g/mol. The molecule has 0 aliphatic heterocycles. The molecule has 0 saturated heterocycles. The number of rotatable bonds is 12. The summed E-state index contributed by atoms with van der Waals surface area (Å²) in [6.07, 6.45) is 6.46. The zero-order valence-corrected chi connectivity index (χ0v) is 15.2. The molecule has 1 aromatic heterocycles. The van der Waals surface area contributed by atoms with Crippen molar-refractivity contribution in [2.24, 2.45) is 15.9 Å². The zero-order valence-electron chi connectivity index (χ0n) is 15.2. The molecule has 0 aliphatic rings. The van der Waals surface area contributed by atoms with E-state index in [1.807, 2.05) is 20.9 Å². The molecular formula is C18H28N4O3. The lowest BCUT2D eigenvalue weighted by atomic mass is 9.93. The minimum atomic E-state index is -0.930. The fourth-order valence-corrected chi connectivity index (χ4v) is 2.42. The van der Waals surface area contributed by atoms with Crippen LogP contribution in [0.25, 0.3) is 5.57 Å². The Hall–Kier alpha value is -2.28. The quantitative estimate of drug-likeness (QED) is 0.447. The molecule has 1 aromatic rings. The topological polar surface area (TPSA) is 100 Å². The number of carboxylic acids is 1. The van der Waals surface area contributed by atoms with Gasteiger partial charge >= 0.3 is 5.97 Å². The van der Waals surface area contributed by atoms with Crippen LogP contribution in [0.15, 0.2) is 26.8 Å². The van der Waals surface area contributed by atoms with Gasteiger partial charge in [0.15, 0.2) is 5.76 Å². The van der Waals surface area contributed by atoms with Gasteiger partial charge in [-0.2, -0.15) is 0 Å². The smallest absolute Gasteiger partial charge is 0.314 e. The van der Waals surface area contributed by atoms with E-state index in [0.717, 1.165) is 25.8 Å². The summed E-state index contributed by atoms with van der Waals surface area (Å²) in [7, 11) is 1.94. The average Bonchev–Trinajstić information content (AvgIpc) is 3.01. The van der Waals surface area contributed by atoms with Crippen molar-refractivity contribution in [3.8, 4) is 0 Å². The molecule has 0 spiro atoms. The van der Waals surface area contributed by atoms with Crippen LogP contribution in [0.1, 0.15) is 50.5 Å². The van der Waals surface area contributed by atoms with Crippen LogP contribution >= 0.6 is 0 Å². The standard InChI is InChI=1S/C18H28N4O3/c1-13(2)17(18(23)24)16-10-15(22-25-16)14(11-20-4)12-21-9-7-5-6-8-19-3/h10-13,17,19H,4-9H2,1-3H3,(H,23,24)/b14-11+,21-12?. The van der Waals surface area contributed by atoms with Gasteiger partial charge in [0.25, 0.3) is 0 Å². The van der Waals surface area contributed by atoms with Crippen LogP contribution in [0.4, 0.5) is 0 Å². The Labute approximate surface area is 148 Å². The molecule has 0 aromatic carbocycles. The fourth-order valence-electron chi connectivity index (χ4n) is 2.42. The number of hydrogen-bond acceptors (Lipinski definition) is 6. The predicted octanol–water partition coefficient (Wildman–Crippen LogP) is 3.00. The van der Waals surface area contributed by atoms with Gasteiger partial charge in [0.2, 0.25) is 0 Å². The van der Waals surface area contributed by atoms with Gasteiger partial charge in [-0.25, -0.2) is 0 Å². The number of carboxylic acid groups (broad SMARTS) is 1. The number of hydrogen-bond donors (Lipinski definition) is 2. The number of unbranched alkanes of at least 4 members (excludes halogenated alkanes) is 2. The molecule has 0 fully saturated rings. The lowest BCUT2D eigenvalue weighted by Crippen LogP contribution is -2.16. The second kappa shape index (κ2) is 11.3. The summed E-state index contributed by atoms with van der Waals surface area (Å²) in [4.78, 5) is 19.6. The van der Waals surface area contributed by atoms with E-state index in [4.69, 9.17) is 4.52 Å². The summed E-state index contributed by atoms with van der Waals surface area (Å²) in [5.74, 6) is -1.44. The minimum absolute atomic E-state index is 0.102. The molecule has 0 aliphatic carbocycles. The molecule has 0 radical (unpaired) electrons. The molecule has 1 heterocycles. The summed E-state index contributed by atoms with van der Waals surface area (Å²) < 4.78 is 5.25. The monoisotopic (exact) mass is 348 g/mol. The van der Waals surface area contributed by atoms with Crippen LogP contribution in [0, 0.1) is 5.92 Å². The van der Waals surface area contributed by atoms with E-state index in [1.54, 1.807) is 12.3 Å². The molecule has 7 heteroatoms. The number of aromatic nitrogens is 1. The van der Waals surface area contributed by atoms with Gasteiger partial charge in [0.1, 0.15) is 11.6 Å². The van der Waals surface area contributed by atoms with Crippen molar-refractivity contribution in [1.82, 2.24) is 10.5 Å². The summed E-state index contributed by atoms with van der Waals surface area (Å²) in [5.41, 5.74) is 1.15. The highest BCUT2D eigenvalue weighted by molar-refractivity contribution is 6.09. The molecular weight excluding hydrogens is 320 g/mol. The number of nitrogens with zero attached hydrogens (tertiary/aromatic N) is 3. The van der Waals surface area contributed by atoms with Crippen LogP contribution in [-0.2, 0) is 4.79 Å². The first kappa shape index (κ1) is 20.8. The minimum Gasteiger partial charge on any atom is -0.481 e. The number of aliphatic carboxylic acids is 1. The molecule has 1 rings (SSSR count). The molecule has 138 valence electrons. The molecule has 0 amide bonds. The molecule has 25 heavy (non-hydrogen) atoms. The Morgan fingerprint density at radius 1 is 1.44 bits per heavy atom. The summed E-state index contributed by atoms with van der Waals surface area (Å²) in [5, 5.41) is 16.4. The van der Waals surface area contributed by atoms with Crippen LogP contribution in [0.3, 0.4) is 0 Å². The van der Waals surface area contributed by atoms with Gasteiger partial charge in [-0.05, 0) is 39.1 Å². The van der Waals surface area contributed by atoms with Gasteiger partial charge in [0, 0.05) is 30.6 Å². The van der Waals surface area contributed by atoms with Crippen molar-refractivity contribution in [3.63, 3.8) is 0 Å². The molecule has 7 nitrogen and oxygen atoms in total. The largest absolute Gasteiger partial charge is 0.481 e. The number of nitrogens with one attached hydrogen (secondary N) is 1. The highest BCUT2D eigenvalue weighted by Gasteiger charge is 2.28. The van der Waals surface area contributed by atoms with Gasteiger partial charge in [-0.3, -0.25) is 14.8 Å². The normalized spacial score (nSPS) is 13.5. The second-order valence-corrected chi connectivity index (χ2v) is 6.14. The Morgan fingerprint density at radius 3 is 2.80 bits per heavy atom. The lowest BCUT2D eigenvalue weighted by Gasteiger charge is -2.11. The summed E-state index contributed by atoms with van der Waals surface area (Å²) >= 11 is 0. The van der Waals surface area contributed by atoms with Crippen molar-refractivity contribution in [2.75, 3.05) is 20.1 Å². The van der Waals surface area contributed by atoms with Crippen molar-refractivity contribution >= 4 is 24.5 Å². The number of allylic oxidation sites excluding steroid dienone is 1. The van der Waals surface area contributed by atoms with Gasteiger partial charge in [-0.1, -0.05) is 25.4 Å². The van der Waals surface area contributed by atoms with E-state index in [0.29, 0.717) is 23.6 Å². The Kier molecular flexibility index (Phi) is 9.39. The first-order valence-electron chi connectivity index (χ1n) is 8.51. The molecule has 1 unspecified atom stereocenters. The molecule has 0 saturated carbocycles. The third-order valence-electron chi connectivity index (χ3n) is 3.74. The van der Waals surface area contributed by atoms with Crippen LogP contribution in [0.5, 0.6) is 0 Å². The highest BCUT2D eigenvalue weighted by atomic mass is 16.5. The lowest BCUT2D eigenvalue weighted by molar-refractivity contribution is -0.140. The van der Waals surface area contributed by atoms with E-state index >= 15 is 0 Å². The zero-order chi connectivity index (χ0) is 18.7. The summed E-state index contributed by atoms with van der Waals surface area (Å²) in [6, 6.07) is 1.63. The van der Waals surface area contributed by atoms with Gasteiger partial charge < -0.3 is 14.9 Å². The van der Waals surface area contributed by atoms with E-state index in [-0.39, 0.29) is 5.92 Å². The first-order chi connectivity index (χ1) is 12.0. The second-order valence-electron chi connectivity index (χ2n) is 6.14. The van der Waals surface area contributed by atoms with Crippen molar-refractivity contribution in [1.29, 1.82) is 0 Å². The van der Waals surface area contributed by atoms with E-state index in [9.17, 15) is 9.90 Å². The first-order valence-corrected chi connectivity index (χ1v) is 8.51. The van der Waals surface area contributed by atoms with Crippen molar-refractivity contribution < 1.29 is 14.4 Å². The Bertz CT molecular complexity index is 605. The van der Waals surface area contributed by atoms with Crippen LogP contribution in [-0.4, -0.2) is 49.3 Å². The maximum Gasteiger partial charge on any atom is 0.314 e. The maximum absolute atomic E-state index is 11.4. The van der Waals surface area contributed by atoms with E-state index < -0.39 is 11.9 Å². The third-order valence-corrected chi connectivity index (χ3v) is 3.74. The van der Waals surface area contributed by atoms with Gasteiger partial charge in [-0.15, -0.1) is 0 Å². The van der Waals surface area contributed by atoms with Crippen molar-refractivity contribution in [2.45, 2.75) is 39.0 Å². The van der Waals surface area contributed by atoms with Gasteiger partial charge in [0.05, 0.1) is 0 Å². The van der Waals surface area contributed by atoms with Crippen LogP contribution in [0.2, 0.25) is 0 Å². The highest BCUT2D eigenvalue weighted by Crippen LogP contribution is 2.27.